The lowest BCUT2D eigenvalue weighted by molar-refractivity contribution is -0.152. The lowest BCUT2D eigenvalue weighted by Gasteiger charge is -2.36. The van der Waals surface area contributed by atoms with Crippen molar-refractivity contribution in [2.45, 2.75) is 38.7 Å². The van der Waals surface area contributed by atoms with Crippen LogP contribution in [-0.4, -0.2) is 24.3 Å². The van der Waals surface area contributed by atoms with Crippen LogP contribution in [0.3, 0.4) is 0 Å². The van der Waals surface area contributed by atoms with E-state index in [0.717, 1.165) is 6.42 Å². The summed E-state index contributed by atoms with van der Waals surface area (Å²) in [5.41, 5.74) is 1.80. The minimum atomic E-state index is -0.694. The normalized spacial score (nSPS) is 24.3. The summed E-state index contributed by atoms with van der Waals surface area (Å²) in [6.45, 7) is 1.94. The van der Waals surface area contributed by atoms with E-state index in [1.807, 2.05) is 25.1 Å². The highest BCUT2D eigenvalue weighted by Crippen LogP contribution is 2.39. The second-order valence-corrected chi connectivity index (χ2v) is 5.28. The molecule has 0 saturated heterocycles. The molecule has 18 heavy (non-hydrogen) atoms. The average molecular weight is 248 g/mol. The highest BCUT2D eigenvalue weighted by atomic mass is 16.5. The maximum Gasteiger partial charge on any atom is 0.310 e. The van der Waals surface area contributed by atoms with Crippen LogP contribution >= 0.6 is 0 Å². The van der Waals surface area contributed by atoms with Crippen molar-refractivity contribution in [3.8, 4) is 0 Å². The van der Waals surface area contributed by atoms with Gasteiger partial charge in [0, 0.05) is 7.11 Å². The SMILES string of the molecule is COC(C)CC1(C(=O)O)CCc2ccccc2C1. The van der Waals surface area contributed by atoms with Crippen LogP contribution in [0.4, 0.5) is 0 Å². The minimum absolute atomic E-state index is 0.0219. The fourth-order valence-corrected chi connectivity index (χ4v) is 2.88. The molecule has 0 spiro atoms. The summed E-state index contributed by atoms with van der Waals surface area (Å²) in [7, 11) is 1.64. The number of rotatable bonds is 4. The van der Waals surface area contributed by atoms with Crippen LogP contribution in [0.2, 0.25) is 0 Å². The predicted octanol–water partition coefficient (Wildman–Crippen LogP) is 2.67. The van der Waals surface area contributed by atoms with Crippen LogP contribution in [0, 0.1) is 5.41 Å². The van der Waals surface area contributed by atoms with Gasteiger partial charge in [-0.05, 0) is 43.7 Å². The molecular formula is C15H20O3. The van der Waals surface area contributed by atoms with Gasteiger partial charge in [0.1, 0.15) is 0 Å². The molecule has 0 aliphatic heterocycles. The number of benzene rings is 1. The molecule has 0 heterocycles. The third-order valence-corrected chi connectivity index (χ3v) is 4.05. The maximum atomic E-state index is 11.7. The van der Waals surface area contributed by atoms with Gasteiger partial charge in [0.05, 0.1) is 11.5 Å². The van der Waals surface area contributed by atoms with E-state index in [1.165, 1.54) is 11.1 Å². The van der Waals surface area contributed by atoms with Crippen LogP contribution in [-0.2, 0) is 22.4 Å². The summed E-state index contributed by atoms with van der Waals surface area (Å²) in [6, 6.07) is 8.14. The molecule has 3 nitrogen and oxygen atoms in total. The number of methoxy groups -OCH3 is 1. The summed E-state index contributed by atoms with van der Waals surface area (Å²) in [5, 5.41) is 9.60. The van der Waals surface area contributed by atoms with Crippen LogP contribution in [0.1, 0.15) is 30.9 Å². The number of carbonyl (C=O) groups is 1. The van der Waals surface area contributed by atoms with E-state index in [0.29, 0.717) is 19.3 Å². The fraction of sp³-hybridized carbons (Fsp3) is 0.533. The number of ether oxygens (including phenoxy) is 1. The van der Waals surface area contributed by atoms with Crippen molar-refractivity contribution in [1.82, 2.24) is 0 Å². The molecule has 3 heteroatoms. The Morgan fingerprint density at radius 3 is 2.72 bits per heavy atom. The zero-order chi connectivity index (χ0) is 13.2. The molecule has 1 aliphatic carbocycles. The number of fused-ring (bicyclic) bond motifs is 1. The van der Waals surface area contributed by atoms with E-state index in [-0.39, 0.29) is 6.10 Å². The Morgan fingerprint density at radius 1 is 1.44 bits per heavy atom. The summed E-state index contributed by atoms with van der Waals surface area (Å²) < 4.78 is 5.25. The van der Waals surface area contributed by atoms with Gasteiger partial charge in [0.15, 0.2) is 0 Å². The van der Waals surface area contributed by atoms with Gasteiger partial charge in [-0.1, -0.05) is 24.3 Å². The molecule has 2 rings (SSSR count). The number of carboxylic acid groups (broad SMARTS) is 1. The summed E-state index contributed by atoms with van der Waals surface area (Å²) in [4.78, 5) is 11.7. The fourth-order valence-electron chi connectivity index (χ4n) is 2.88. The quantitative estimate of drug-likeness (QED) is 0.891. The first kappa shape index (κ1) is 13.1. The number of hydrogen-bond acceptors (Lipinski definition) is 2. The van der Waals surface area contributed by atoms with Gasteiger partial charge in [-0.2, -0.15) is 0 Å². The van der Waals surface area contributed by atoms with E-state index >= 15 is 0 Å². The summed E-state index contributed by atoms with van der Waals surface area (Å²) in [6.07, 6.45) is 2.72. The number of carboxylic acids is 1. The average Bonchev–Trinajstić information content (AvgIpc) is 2.38. The molecule has 2 unspecified atom stereocenters. The number of aliphatic carboxylic acids is 1. The zero-order valence-corrected chi connectivity index (χ0v) is 11.0. The first-order chi connectivity index (χ1) is 8.57. The zero-order valence-electron chi connectivity index (χ0n) is 11.0. The first-order valence-corrected chi connectivity index (χ1v) is 6.40. The van der Waals surface area contributed by atoms with Crippen molar-refractivity contribution in [3.05, 3.63) is 35.4 Å². The second kappa shape index (κ2) is 5.11. The molecule has 1 aromatic carbocycles. The molecule has 0 saturated carbocycles. The predicted molar refractivity (Wildman–Crippen MR) is 69.6 cm³/mol. The van der Waals surface area contributed by atoms with Crippen molar-refractivity contribution < 1.29 is 14.6 Å². The molecule has 0 bridgehead atoms. The molecule has 0 fully saturated rings. The van der Waals surface area contributed by atoms with Crippen molar-refractivity contribution in [2.24, 2.45) is 5.41 Å². The van der Waals surface area contributed by atoms with Crippen LogP contribution < -0.4 is 0 Å². The van der Waals surface area contributed by atoms with Gasteiger partial charge in [0.2, 0.25) is 0 Å². The molecule has 0 radical (unpaired) electrons. The third-order valence-electron chi connectivity index (χ3n) is 4.05. The molecular weight excluding hydrogens is 228 g/mol. The van der Waals surface area contributed by atoms with Crippen molar-refractivity contribution in [1.29, 1.82) is 0 Å². The van der Waals surface area contributed by atoms with Gasteiger partial charge in [0.25, 0.3) is 0 Å². The topological polar surface area (TPSA) is 46.5 Å². The minimum Gasteiger partial charge on any atom is -0.481 e. The second-order valence-electron chi connectivity index (χ2n) is 5.28. The standard InChI is InChI=1S/C15H20O3/c1-11(18-2)9-15(14(16)17)8-7-12-5-3-4-6-13(12)10-15/h3-6,11H,7-10H2,1-2H3,(H,16,17). The Hall–Kier alpha value is -1.35. The van der Waals surface area contributed by atoms with Crippen molar-refractivity contribution in [2.75, 3.05) is 7.11 Å². The van der Waals surface area contributed by atoms with Gasteiger partial charge < -0.3 is 9.84 Å². The highest BCUT2D eigenvalue weighted by Gasteiger charge is 2.42. The smallest absolute Gasteiger partial charge is 0.310 e. The van der Waals surface area contributed by atoms with Crippen LogP contribution in [0.15, 0.2) is 24.3 Å². The highest BCUT2D eigenvalue weighted by molar-refractivity contribution is 5.75. The van der Waals surface area contributed by atoms with Gasteiger partial charge in [-0.15, -0.1) is 0 Å². The van der Waals surface area contributed by atoms with E-state index in [4.69, 9.17) is 4.74 Å². The molecule has 0 aromatic heterocycles. The Labute approximate surface area is 108 Å². The van der Waals surface area contributed by atoms with Crippen molar-refractivity contribution in [3.63, 3.8) is 0 Å². The maximum absolute atomic E-state index is 11.7. The van der Waals surface area contributed by atoms with Gasteiger partial charge in [-0.25, -0.2) is 0 Å². The van der Waals surface area contributed by atoms with Gasteiger partial charge in [-0.3, -0.25) is 4.79 Å². The Bertz CT molecular complexity index is 441. The van der Waals surface area contributed by atoms with Gasteiger partial charge >= 0.3 is 5.97 Å². The Kier molecular flexibility index (Phi) is 3.71. The molecule has 98 valence electrons. The molecule has 2 atom stereocenters. The number of hydrogen-bond donors (Lipinski definition) is 1. The van der Waals surface area contributed by atoms with E-state index in [9.17, 15) is 9.90 Å². The molecule has 1 aliphatic rings. The number of aryl methyl sites for hydroxylation is 1. The Morgan fingerprint density at radius 2 is 2.11 bits per heavy atom. The molecule has 0 amide bonds. The van der Waals surface area contributed by atoms with Crippen LogP contribution in [0.5, 0.6) is 0 Å². The molecule has 1 aromatic rings. The summed E-state index contributed by atoms with van der Waals surface area (Å²) in [5.74, 6) is -0.694. The third kappa shape index (κ3) is 2.41. The van der Waals surface area contributed by atoms with Crippen LogP contribution in [0.25, 0.3) is 0 Å². The Balaban J connectivity index is 2.27. The lowest BCUT2D eigenvalue weighted by Crippen LogP contribution is -2.39. The lowest BCUT2D eigenvalue weighted by atomic mass is 9.68. The van der Waals surface area contributed by atoms with Crippen molar-refractivity contribution >= 4 is 5.97 Å². The molecule has 1 N–H and O–H groups in total. The first-order valence-electron chi connectivity index (χ1n) is 6.40. The van der Waals surface area contributed by atoms with E-state index in [1.54, 1.807) is 7.11 Å². The monoisotopic (exact) mass is 248 g/mol. The van der Waals surface area contributed by atoms with E-state index < -0.39 is 11.4 Å². The summed E-state index contributed by atoms with van der Waals surface area (Å²) >= 11 is 0. The largest absolute Gasteiger partial charge is 0.481 e. The van der Waals surface area contributed by atoms with E-state index in [2.05, 4.69) is 6.07 Å².